The van der Waals surface area contributed by atoms with Crippen LogP contribution >= 0.6 is 0 Å². The Morgan fingerprint density at radius 3 is 2.65 bits per heavy atom. The van der Waals surface area contributed by atoms with Crippen molar-refractivity contribution in [1.82, 2.24) is 10.2 Å². The summed E-state index contributed by atoms with van der Waals surface area (Å²) in [5.41, 5.74) is 1.51. The second kappa shape index (κ2) is 7.80. The van der Waals surface area contributed by atoms with E-state index >= 15 is 0 Å². The van der Waals surface area contributed by atoms with Crippen molar-refractivity contribution < 1.29 is 0 Å². The predicted molar refractivity (Wildman–Crippen MR) is 87.2 cm³/mol. The van der Waals surface area contributed by atoms with E-state index < -0.39 is 0 Å². The van der Waals surface area contributed by atoms with Gasteiger partial charge in [-0.25, -0.2) is 0 Å². The van der Waals surface area contributed by atoms with Crippen LogP contribution in [-0.2, 0) is 0 Å². The highest BCUT2D eigenvalue weighted by molar-refractivity contribution is 5.21. The van der Waals surface area contributed by atoms with E-state index in [1.165, 1.54) is 31.5 Å². The highest BCUT2D eigenvalue weighted by Crippen LogP contribution is 2.28. The molecule has 0 radical (unpaired) electrons. The van der Waals surface area contributed by atoms with Gasteiger partial charge in [-0.15, -0.1) is 0 Å². The van der Waals surface area contributed by atoms with Crippen molar-refractivity contribution in [3.63, 3.8) is 0 Å². The molecule has 0 aromatic heterocycles. The number of likely N-dealkylation sites (tertiary alicyclic amines) is 1. The molecule has 1 fully saturated rings. The predicted octanol–water partition coefficient (Wildman–Crippen LogP) is 3.50. The van der Waals surface area contributed by atoms with Gasteiger partial charge in [-0.05, 0) is 56.8 Å². The van der Waals surface area contributed by atoms with E-state index in [1.807, 2.05) is 0 Å². The molecule has 112 valence electrons. The zero-order valence-corrected chi connectivity index (χ0v) is 13.3. The lowest BCUT2D eigenvalue weighted by atomic mass is 9.99. The number of rotatable bonds is 7. The molecule has 0 amide bonds. The lowest BCUT2D eigenvalue weighted by Crippen LogP contribution is -2.34. The van der Waals surface area contributed by atoms with Crippen molar-refractivity contribution >= 4 is 0 Å². The maximum Gasteiger partial charge on any atom is 0.00792 e. The molecule has 0 bridgehead atoms. The lowest BCUT2D eigenvalue weighted by Gasteiger charge is -2.24. The van der Waals surface area contributed by atoms with E-state index in [4.69, 9.17) is 0 Å². The van der Waals surface area contributed by atoms with Gasteiger partial charge >= 0.3 is 0 Å². The van der Waals surface area contributed by atoms with E-state index in [1.54, 1.807) is 0 Å². The quantitative estimate of drug-likeness (QED) is 0.766. The molecule has 1 aliphatic rings. The summed E-state index contributed by atoms with van der Waals surface area (Å²) in [6.07, 6.45) is 2.57. The third-order valence-electron chi connectivity index (χ3n) is 4.41. The summed E-state index contributed by atoms with van der Waals surface area (Å²) in [4.78, 5) is 2.66. The first-order valence-corrected chi connectivity index (χ1v) is 8.16. The van der Waals surface area contributed by atoms with Crippen LogP contribution in [0.25, 0.3) is 0 Å². The van der Waals surface area contributed by atoms with E-state index in [0.29, 0.717) is 6.04 Å². The minimum Gasteiger partial charge on any atom is -0.316 e. The minimum absolute atomic E-state index is 0.698. The monoisotopic (exact) mass is 274 g/mol. The summed E-state index contributed by atoms with van der Waals surface area (Å²) in [7, 11) is 0. The van der Waals surface area contributed by atoms with Crippen molar-refractivity contribution in [2.75, 3.05) is 26.2 Å². The Balaban J connectivity index is 1.72. The summed E-state index contributed by atoms with van der Waals surface area (Å²) in [6.45, 7) is 11.7. The molecule has 2 heteroatoms. The van der Waals surface area contributed by atoms with Crippen LogP contribution in [0, 0.1) is 5.92 Å². The summed E-state index contributed by atoms with van der Waals surface area (Å²) in [5.74, 6) is 1.49. The molecule has 0 spiro atoms. The zero-order chi connectivity index (χ0) is 14.4. The maximum atomic E-state index is 3.56. The van der Waals surface area contributed by atoms with Crippen LogP contribution in [0.15, 0.2) is 30.3 Å². The first-order valence-electron chi connectivity index (χ1n) is 8.16. The zero-order valence-electron chi connectivity index (χ0n) is 13.3. The minimum atomic E-state index is 0.698. The highest BCUT2D eigenvalue weighted by atomic mass is 15.2. The average molecular weight is 274 g/mol. The van der Waals surface area contributed by atoms with Crippen molar-refractivity contribution in [3.05, 3.63) is 35.9 Å². The molecule has 1 aromatic rings. The van der Waals surface area contributed by atoms with Crippen molar-refractivity contribution in [1.29, 1.82) is 0 Å². The number of benzene rings is 1. The van der Waals surface area contributed by atoms with Crippen LogP contribution in [0.2, 0.25) is 0 Å². The topological polar surface area (TPSA) is 15.3 Å². The summed E-state index contributed by atoms with van der Waals surface area (Å²) in [5, 5.41) is 3.56. The van der Waals surface area contributed by atoms with Gasteiger partial charge in [-0.3, -0.25) is 4.90 Å². The van der Waals surface area contributed by atoms with Gasteiger partial charge in [0.05, 0.1) is 0 Å². The van der Waals surface area contributed by atoms with Gasteiger partial charge in [0.15, 0.2) is 0 Å². The van der Waals surface area contributed by atoms with Gasteiger partial charge < -0.3 is 5.32 Å². The molecular weight excluding hydrogens is 244 g/mol. The van der Waals surface area contributed by atoms with Crippen LogP contribution in [-0.4, -0.2) is 37.1 Å². The fourth-order valence-corrected chi connectivity index (χ4v) is 3.07. The molecule has 1 aliphatic heterocycles. The smallest absolute Gasteiger partial charge is 0.00792 e. The molecule has 2 unspecified atom stereocenters. The standard InChI is InChI=1S/C18H30N2/c1-15(2)13-19-11-9-16(3)20-12-10-18(14-20)17-7-5-4-6-8-17/h4-8,15-16,18-19H,9-14H2,1-3H3. The van der Waals surface area contributed by atoms with E-state index in [9.17, 15) is 0 Å². The fourth-order valence-electron chi connectivity index (χ4n) is 3.07. The molecule has 1 saturated heterocycles. The average Bonchev–Trinajstić information content (AvgIpc) is 2.94. The van der Waals surface area contributed by atoms with E-state index in [2.05, 4.69) is 61.3 Å². The van der Waals surface area contributed by atoms with E-state index in [-0.39, 0.29) is 0 Å². The molecule has 0 aliphatic carbocycles. The number of nitrogens with one attached hydrogen (secondary N) is 1. The van der Waals surface area contributed by atoms with Gasteiger partial charge in [0.1, 0.15) is 0 Å². The molecule has 1 aromatic carbocycles. The molecule has 0 saturated carbocycles. The Morgan fingerprint density at radius 1 is 1.20 bits per heavy atom. The van der Waals surface area contributed by atoms with Gasteiger partial charge in [0, 0.05) is 12.6 Å². The van der Waals surface area contributed by atoms with Crippen molar-refractivity contribution in [3.8, 4) is 0 Å². The molecule has 2 atom stereocenters. The van der Waals surface area contributed by atoms with Crippen molar-refractivity contribution in [2.24, 2.45) is 5.92 Å². The first kappa shape index (κ1) is 15.5. The Hall–Kier alpha value is -0.860. The second-order valence-corrected chi connectivity index (χ2v) is 6.63. The molecular formula is C18H30N2. The Labute approximate surface area is 124 Å². The highest BCUT2D eigenvalue weighted by Gasteiger charge is 2.26. The largest absolute Gasteiger partial charge is 0.316 e. The van der Waals surface area contributed by atoms with E-state index in [0.717, 1.165) is 24.9 Å². The number of hydrogen-bond acceptors (Lipinski definition) is 2. The van der Waals surface area contributed by atoms with Gasteiger partial charge in [-0.1, -0.05) is 44.2 Å². The van der Waals surface area contributed by atoms with Gasteiger partial charge in [0.2, 0.25) is 0 Å². The summed E-state index contributed by atoms with van der Waals surface area (Å²) >= 11 is 0. The Bertz CT molecular complexity index is 374. The van der Waals surface area contributed by atoms with Crippen LogP contribution in [0.3, 0.4) is 0 Å². The van der Waals surface area contributed by atoms with Crippen LogP contribution in [0.1, 0.15) is 45.1 Å². The normalized spacial score (nSPS) is 21.5. The van der Waals surface area contributed by atoms with Gasteiger partial charge in [-0.2, -0.15) is 0 Å². The number of hydrogen-bond donors (Lipinski definition) is 1. The Morgan fingerprint density at radius 2 is 1.95 bits per heavy atom. The second-order valence-electron chi connectivity index (χ2n) is 6.63. The van der Waals surface area contributed by atoms with Crippen LogP contribution in [0.5, 0.6) is 0 Å². The lowest BCUT2D eigenvalue weighted by molar-refractivity contribution is 0.242. The Kier molecular flexibility index (Phi) is 6.06. The van der Waals surface area contributed by atoms with Crippen LogP contribution < -0.4 is 5.32 Å². The first-order chi connectivity index (χ1) is 9.66. The molecule has 1 heterocycles. The van der Waals surface area contributed by atoms with Crippen molar-refractivity contribution in [2.45, 2.75) is 45.6 Å². The molecule has 2 rings (SSSR count). The summed E-state index contributed by atoms with van der Waals surface area (Å²) in [6, 6.07) is 11.7. The van der Waals surface area contributed by atoms with Crippen LogP contribution in [0.4, 0.5) is 0 Å². The molecule has 1 N–H and O–H groups in total. The molecule has 20 heavy (non-hydrogen) atoms. The molecule has 2 nitrogen and oxygen atoms in total. The van der Waals surface area contributed by atoms with Gasteiger partial charge in [0.25, 0.3) is 0 Å². The third kappa shape index (κ3) is 4.60. The summed E-state index contributed by atoms with van der Waals surface area (Å²) < 4.78 is 0. The third-order valence-corrected chi connectivity index (χ3v) is 4.41. The maximum absolute atomic E-state index is 3.56. The SMILES string of the molecule is CC(C)CNCCC(C)N1CCC(c2ccccc2)C1. The number of nitrogens with zero attached hydrogens (tertiary/aromatic N) is 1. The fraction of sp³-hybridized carbons (Fsp3) is 0.667.